The molecule has 3 heteroatoms. The minimum atomic E-state index is 0.540. The second-order valence-corrected chi connectivity index (χ2v) is 2.91. The van der Waals surface area contributed by atoms with E-state index in [9.17, 15) is 0 Å². The molecule has 0 heterocycles. The number of aliphatic imine (C=N–C) groups is 1. The monoisotopic (exact) mass is 186 g/mol. The van der Waals surface area contributed by atoms with E-state index in [0.717, 1.165) is 10.8 Å². The molecule has 2 aromatic carbocycles. The smallest absolute Gasteiger partial charge is 0.173 e. The molecule has 0 aliphatic heterocycles. The van der Waals surface area contributed by atoms with Crippen molar-refractivity contribution >= 4 is 23.2 Å². The van der Waals surface area contributed by atoms with Crippen LogP contribution in [-0.2, 0) is 0 Å². The summed E-state index contributed by atoms with van der Waals surface area (Å²) in [4.78, 5) is 8.63. The van der Waals surface area contributed by atoms with Crippen LogP contribution >= 0.6 is 0 Å². The summed E-state index contributed by atoms with van der Waals surface area (Å²) in [7, 11) is 0. The molecule has 14 heavy (non-hydrogen) atoms. The van der Waals surface area contributed by atoms with E-state index in [1.54, 1.807) is 6.07 Å². The first kappa shape index (κ1) is 8.72. The third-order valence-corrected chi connectivity index (χ3v) is 2.15. The second-order valence-electron chi connectivity index (χ2n) is 2.91. The molecule has 0 radical (unpaired) electrons. The maximum absolute atomic E-state index is 5.13. The molecule has 0 spiro atoms. The van der Waals surface area contributed by atoms with E-state index in [0.29, 0.717) is 11.4 Å². The first-order chi connectivity index (χ1) is 6.86. The average molecular weight is 186 g/mol. The van der Waals surface area contributed by atoms with Crippen molar-refractivity contribution in [2.45, 2.75) is 0 Å². The van der Waals surface area contributed by atoms with E-state index in [2.05, 4.69) is 11.7 Å². The molecule has 0 amide bonds. The highest BCUT2D eigenvalue weighted by atomic mass is 16.6. The van der Waals surface area contributed by atoms with Crippen LogP contribution in [0, 0.1) is 0 Å². The fourth-order valence-electron chi connectivity index (χ4n) is 1.49. The Morgan fingerprint density at radius 2 is 1.93 bits per heavy atom. The molecule has 0 atom stereocenters. The molecule has 70 valence electrons. The number of hydrogen-bond acceptors (Lipinski definition) is 3. The van der Waals surface area contributed by atoms with Crippen molar-refractivity contribution in [2.75, 3.05) is 0 Å². The van der Waals surface area contributed by atoms with E-state index in [4.69, 9.17) is 10.7 Å². The first-order valence-electron chi connectivity index (χ1n) is 4.22. The van der Waals surface area contributed by atoms with Crippen molar-refractivity contribution in [1.82, 2.24) is 0 Å². The maximum Gasteiger partial charge on any atom is 0.173 e. The minimum absolute atomic E-state index is 0.540. The minimum Gasteiger partial charge on any atom is -0.409 e. The van der Waals surface area contributed by atoms with E-state index in [-0.39, 0.29) is 0 Å². The van der Waals surface area contributed by atoms with Gasteiger partial charge in [0.15, 0.2) is 5.75 Å². The van der Waals surface area contributed by atoms with Crippen molar-refractivity contribution in [3.05, 3.63) is 36.4 Å². The molecule has 0 aliphatic rings. The van der Waals surface area contributed by atoms with Gasteiger partial charge in [-0.05, 0) is 18.2 Å². The van der Waals surface area contributed by atoms with Crippen molar-refractivity contribution in [3.8, 4) is 5.75 Å². The van der Waals surface area contributed by atoms with Gasteiger partial charge in [0.1, 0.15) is 5.69 Å². The molecule has 0 fully saturated rings. The lowest BCUT2D eigenvalue weighted by Crippen LogP contribution is -2.01. The van der Waals surface area contributed by atoms with Crippen LogP contribution in [0.25, 0.3) is 10.8 Å². The van der Waals surface area contributed by atoms with Gasteiger partial charge in [0, 0.05) is 5.39 Å². The Labute approximate surface area is 81.8 Å². The summed E-state index contributed by atoms with van der Waals surface area (Å²) < 4.78 is 0. The molecule has 0 saturated heterocycles. The molecule has 0 bridgehead atoms. The van der Waals surface area contributed by atoms with Crippen LogP contribution in [0.1, 0.15) is 0 Å². The SMILES string of the molecule is C=Nc1c(ON)ccc2ccccc12. The van der Waals surface area contributed by atoms with Crippen LogP contribution in [0.5, 0.6) is 5.75 Å². The molecule has 2 rings (SSSR count). The maximum atomic E-state index is 5.13. The van der Waals surface area contributed by atoms with E-state index < -0.39 is 0 Å². The Morgan fingerprint density at radius 1 is 1.14 bits per heavy atom. The van der Waals surface area contributed by atoms with Crippen LogP contribution in [-0.4, -0.2) is 6.72 Å². The predicted octanol–water partition coefficient (Wildman–Crippen LogP) is 2.42. The summed E-state index contributed by atoms with van der Waals surface area (Å²) >= 11 is 0. The lowest BCUT2D eigenvalue weighted by molar-refractivity contribution is 0.336. The zero-order chi connectivity index (χ0) is 9.97. The lowest BCUT2D eigenvalue weighted by atomic mass is 10.1. The fraction of sp³-hybridized carbons (Fsp3) is 0. The van der Waals surface area contributed by atoms with Gasteiger partial charge in [-0.3, -0.25) is 4.99 Å². The lowest BCUT2D eigenvalue weighted by Gasteiger charge is -2.06. The highest BCUT2D eigenvalue weighted by Crippen LogP contribution is 2.34. The molecular formula is C11H10N2O. The molecule has 0 aliphatic carbocycles. The van der Waals surface area contributed by atoms with Crippen LogP contribution < -0.4 is 10.7 Å². The van der Waals surface area contributed by atoms with Crippen molar-refractivity contribution in [2.24, 2.45) is 10.9 Å². The Balaban J connectivity index is 2.83. The standard InChI is InChI=1S/C11H10N2O/c1-13-11-9-5-3-2-4-8(9)6-7-10(11)14-12/h2-7H,1,12H2. The summed E-state index contributed by atoms with van der Waals surface area (Å²) in [6.45, 7) is 3.50. The van der Waals surface area contributed by atoms with Gasteiger partial charge in [-0.2, -0.15) is 5.90 Å². The van der Waals surface area contributed by atoms with Crippen molar-refractivity contribution in [3.63, 3.8) is 0 Å². The summed E-state index contributed by atoms with van der Waals surface area (Å²) in [5.41, 5.74) is 0.686. The average Bonchev–Trinajstić information content (AvgIpc) is 2.27. The number of nitrogens with two attached hydrogens (primary N) is 1. The third kappa shape index (κ3) is 1.24. The zero-order valence-corrected chi connectivity index (χ0v) is 7.60. The Morgan fingerprint density at radius 3 is 2.64 bits per heavy atom. The van der Waals surface area contributed by atoms with Crippen LogP contribution in [0.4, 0.5) is 5.69 Å². The zero-order valence-electron chi connectivity index (χ0n) is 7.60. The summed E-state index contributed by atoms with van der Waals surface area (Å²) in [5.74, 6) is 5.67. The Hall–Kier alpha value is -1.87. The summed E-state index contributed by atoms with van der Waals surface area (Å²) in [6, 6.07) is 11.6. The molecule has 0 unspecified atom stereocenters. The second kappa shape index (κ2) is 3.47. The van der Waals surface area contributed by atoms with Gasteiger partial charge < -0.3 is 4.84 Å². The summed E-state index contributed by atoms with van der Waals surface area (Å²) in [5, 5.41) is 2.08. The van der Waals surface area contributed by atoms with Gasteiger partial charge in [0.05, 0.1) is 0 Å². The normalized spacial score (nSPS) is 10.1. The topological polar surface area (TPSA) is 47.6 Å². The van der Waals surface area contributed by atoms with Crippen LogP contribution in [0.3, 0.4) is 0 Å². The van der Waals surface area contributed by atoms with Gasteiger partial charge >= 0.3 is 0 Å². The predicted molar refractivity (Wildman–Crippen MR) is 58.0 cm³/mol. The number of nitrogens with zero attached hydrogens (tertiary/aromatic N) is 1. The molecule has 2 aromatic rings. The highest BCUT2D eigenvalue weighted by molar-refractivity contribution is 5.95. The van der Waals surface area contributed by atoms with E-state index >= 15 is 0 Å². The Kier molecular flexibility index (Phi) is 2.16. The van der Waals surface area contributed by atoms with Crippen molar-refractivity contribution < 1.29 is 4.84 Å². The molecular weight excluding hydrogens is 176 g/mol. The largest absolute Gasteiger partial charge is 0.409 e. The third-order valence-electron chi connectivity index (χ3n) is 2.15. The fourth-order valence-corrected chi connectivity index (χ4v) is 1.49. The van der Waals surface area contributed by atoms with Crippen LogP contribution in [0.2, 0.25) is 0 Å². The molecule has 0 aromatic heterocycles. The molecule has 3 nitrogen and oxygen atoms in total. The highest BCUT2D eigenvalue weighted by Gasteiger charge is 2.05. The Bertz CT molecular complexity index is 480. The van der Waals surface area contributed by atoms with Gasteiger partial charge in [-0.25, -0.2) is 0 Å². The van der Waals surface area contributed by atoms with Gasteiger partial charge in [0.25, 0.3) is 0 Å². The van der Waals surface area contributed by atoms with Gasteiger partial charge in [-0.1, -0.05) is 30.3 Å². The quantitative estimate of drug-likeness (QED) is 0.578. The van der Waals surface area contributed by atoms with E-state index in [1.165, 1.54) is 0 Å². The van der Waals surface area contributed by atoms with Crippen LogP contribution in [0.15, 0.2) is 41.4 Å². The number of fused-ring (bicyclic) bond motifs is 1. The van der Waals surface area contributed by atoms with Crippen molar-refractivity contribution in [1.29, 1.82) is 0 Å². The van der Waals surface area contributed by atoms with Gasteiger partial charge in [-0.15, -0.1) is 0 Å². The number of rotatable bonds is 2. The molecule has 0 saturated carbocycles. The summed E-state index contributed by atoms with van der Waals surface area (Å²) in [6.07, 6.45) is 0. The number of hydrogen-bond donors (Lipinski definition) is 1. The first-order valence-corrected chi connectivity index (χ1v) is 4.22. The van der Waals surface area contributed by atoms with Gasteiger partial charge in [0.2, 0.25) is 0 Å². The van der Waals surface area contributed by atoms with E-state index in [1.807, 2.05) is 30.3 Å². The molecule has 2 N–H and O–H groups in total. The number of benzene rings is 2.